The maximum absolute atomic E-state index is 11.7. The number of nitrogen functional groups attached to an aromatic ring is 1. The van der Waals surface area contributed by atoms with Gasteiger partial charge in [-0.05, 0) is 37.3 Å². The van der Waals surface area contributed by atoms with Gasteiger partial charge in [0, 0.05) is 24.1 Å². The zero-order valence-corrected chi connectivity index (χ0v) is 12.2. The molecular formula is C16H19N3O2. The van der Waals surface area contributed by atoms with E-state index in [-0.39, 0.29) is 0 Å². The Bertz CT molecular complexity index is 614. The first-order valence-electron chi connectivity index (χ1n) is 6.78. The molecule has 0 bridgehead atoms. The molecule has 0 spiro atoms. The van der Waals surface area contributed by atoms with Crippen molar-refractivity contribution in [2.24, 2.45) is 0 Å². The molecule has 0 saturated heterocycles. The number of esters is 1. The molecule has 5 nitrogen and oxygen atoms in total. The molecule has 0 atom stereocenters. The van der Waals surface area contributed by atoms with Crippen LogP contribution in [0.15, 0.2) is 42.6 Å². The number of nitrogens with two attached hydrogens (primary N) is 1. The van der Waals surface area contributed by atoms with E-state index in [1.54, 1.807) is 18.3 Å². The number of aromatic nitrogens is 1. The molecule has 110 valence electrons. The number of pyridine rings is 1. The lowest BCUT2D eigenvalue weighted by Crippen LogP contribution is -2.23. The predicted octanol–water partition coefficient (Wildman–Crippen LogP) is 2.48. The van der Waals surface area contributed by atoms with Gasteiger partial charge in [0.25, 0.3) is 0 Å². The normalized spacial score (nSPS) is 10.2. The van der Waals surface area contributed by atoms with Crippen LogP contribution >= 0.6 is 0 Å². The topological polar surface area (TPSA) is 68.5 Å². The molecule has 2 N–H and O–H groups in total. The molecule has 0 amide bonds. The largest absolute Gasteiger partial charge is 0.465 e. The number of hydrogen-bond donors (Lipinski definition) is 1. The van der Waals surface area contributed by atoms with Gasteiger partial charge >= 0.3 is 5.97 Å². The Morgan fingerprint density at radius 3 is 2.76 bits per heavy atom. The van der Waals surface area contributed by atoms with E-state index in [0.717, 1.165) is 17.9 Å². The van der Waals surface area contributed by atoms with Crippen LogP contribution in [-0.2, 0) is 11.3 Å². The fraction of sp³-hybridized carbons (Fsp3) is 0.250. The second-order valence-electron chi connectivity index (χ2n) is 4.60. The maximum atomic E-state index is 11.7. The number of carbonyl (C=O) groups excluding carboxylic acids is 1. The SMILES string of the molecule is CCN(Cc1ccccn1)c1ccc(N)c(C(=O)OC)c1. The standard InChI is InChI=1S/C16H19N3O2/c1-3-19(11-12-6-4-5-9-18-12)13-7-8-15(17)14(10-13)16(20)21-2/h4-10H,3,11,17H2,1-2H3. The number of benzene rings is 1. The van der Waals surface area contributed by atoms with E-state index in [1.165, 1.54) is 7.11 Å². The summed E-state index contributed by atoms with van der Waals surface area (Å²) in [6.07, 6.45) is 1.77. The smallest absolute Gasteiger partial charge is 0.340 e. The van der Waals surface area contributed by atoms with Gasteiger partial charge in [-0.25, -0.2) is 4.79 Å². The van der Waals surface area contributed by atoms with Crippen molar-refractivity contribution in [2.45, 2.75) is 13.5 Å². The highest BCUT2D eigenvalue weighted by Gasteiger charge is 2.13. The van der Waals surface area contributed by atoms with Crippen LogP contribution in [0.3, 0.4) is 0 Å². The zero-order valence-electron chi connectivity index (χ0n) is 12.2. The third-order valence-corrected chi connectivity index (χ3v) is 3.27. The first kappa shape index (κ1) is 14.8. The van der Waals surface area contributed by atoms with Crippen molar-refractivity contribution in [1.82, 2.24) is 4.98 Å². The molecule has 0 aliphatic carbocycles. The molecule has 2 aromatic rings. The summed E-state index contributed by atoms with van der Waals surface area (Å²) in [5.41, 5.74) is 8.51. The van der Waals surface area contributed by atoms with Crippen molar-refractivity contribution < 1.29 is 9.53 Å². The van der Waals surface area contributed by atoms with E-state index in [2.05, 4.69) is 16.8 Å². The maximum Gasteiger partial charge on any atom is 0.340 e. The molecule has 1 heterocycles. The van der Waals surface area contributed by atoms with Gasteiger partial charge in [0.15, 0.2) is 0 Å². The van der Waals surface area contributed by atoms with Crippen LogP contribution < -0.4 is 10.6 Å². The van der Waals surface area contributed by atoms with Crippen LogP contribution in [0.25, 0.3) is 0 Å². The number of anilines is 2. The number of ether oxygens (including phenoxy) is 1. The number of methoxy groups -OCH3 is 1. The lowest BCUT2D eigenvalue weighted by Gasteiger charge is -2.23. The highest BCUT2D eigenvalue weighted by molar-refractivity contribution is 5.96. The quantitative estimate of drug-likeness (QED) is 0.675. The Morgan fingerprint density at radius 1 is 1.33 bits per heavy atom. The Labute approximate surface area is 124 Å². The summed E-state index contributed by atoms with van der Waals surface area (Å²) in [6, 6.07) is 11.2. The summed E-state index contributed by atoms with van der Waals surface area (Å²) < 4.78 is 4.75. The van der Waals surface area contributed by atoms with Crippen LogP contribution in [-0.4, -0.2) is 24.6 Å². The summed E-state index contributed by atoms with van der Waals surface area (Å²) >= 11 is 0. The fourth-order valence-electron chi connectivity index (χ4n) is 2.10. The number of nitrogens with zero attached hydrogens (tertiary/aromatic N) is 2. The molecule has 5 heteroatoms. The second-order valence-corrected chi connectivity index (χ2v) is 4.60. The van der Waals surface area contributed by atoms with Crippen LogP contribution in [0.1, 0.15) is 23.0 Å². The number of rotatable bonds is 5. The van der Waals surface area contributed by atoms with Crippen LogP contribution in [0, 0.1) is 0 Å². The minimum Gasteiger partial charge on any atom is -0.465 e. The highest BCUT2D eigenvalue weighted by Crippen LogP contribution is 2.23. The van der Waals surface area contributed by atoms with Crippen LogP contribution in [0.4, 0.5) is 11.4 Å². The zero-order chi connectivity index (χ0) is 15.2. The minimum atomic E-state index is -0.428. The molecule has 21 heavy (non-hydrogen) atoms. The van der Waals surface area contributed by atoms with E-state index in [0.29, 0.717) is 17.8 Å². The predicted molar refractivity (Wildman–Crippen MR) is 83.2 cm³/mol. The summed E-state index contributed by atoms with van der Waals surface area (Å²) in [5.74, 6) is -0.428. The van der Waals surface area contributed by atoms with Crippen molar-refractivity contribution in [3.8, 4) is 0 Å². The summed E-state index contributed by atoms with van der Waals surface area (Å²) in [7, 11) is 1.35. The van der Waals surface area contributed by atoms with Gasteiger partial charge in [0.2, 0.25) is 0 Å². The Balaban J connectivity index is 2.28. The molecule has 0 fully saturated rings. The molecule has 0 aliphatic rings. The molecule has 0 saturated carbocycles. The number of carbonyl (C=O) groups is 1. The molecule has 2 rings (SSSR count). The van der Waals surface area contributed by atoms with Crippen molar-refractivity contribution in [2.75, 3.05) is 24.3 Å². The van der Waals surface area contributed by atoms with Gasteiger partial charge in [0.05, 0.1) is 24.9 Å². The van der Waals surface area contributed by atoms with Crippen LogP contribution in [0.2, 0.25) is 0 Å². The fourth-order valence-corrected chi connectivity index (χ4v) is 2.10. The Hall–Kier alpha value is -2.56. The molecular weight excluding hydrogens is 266 g/mol. The van der Waals surface area contributed by atoms with Crippen molar-refractivity contribution in [3.05, 3.63) is 53.9 Å². The summed E-state index contributed by atoms with van der Waals surface area (Å²) in [6.45, 7) is 3.51. The summed E-state index contributed by atoms with van der Waals surface area (Å²) in [4.78, 5) is 18.2. The number of hydrogen-bond acceptors (Lipinski definition) is 5. The molecule has 0 radical (unpaired) electrons. The van der Waals surface area contributed by atoms with Crippen molar-refractivity contribution in [1.29, 1.82) is 0 Å². The molecule has 1 aromatic heterocycles. The Morgan fingerprint density at radius 2 is 2.14 bits per heavy atom. The average molecular weight is 285 g/mol. The van der Waals surface area contributed by atoms with E-state index in [4.69, 9.17) is 10.5 Å². The first-order chi connectivity index (χ1) is 10.2. The van der Waals surface area contributed by atoms with Crippen molar-refractivity contribution >= 4 is 17.3 Å². The molecule has 0 aliphatic heterocycles. The lowest BCUT2D eigenvalue weighted by molar-refractivity contribution is 0.0602. The average Bonchev–Trinajstić information content (AvgIpc) is 2.53. The van der Waals surface area contributed by atoms with Gasteiger partial charge < -0.3 is 15.4 Å². The monoisotopic (exact) mass is 285 g/mol. The van der Waals surface area contributed by atoms with Gasteiger partial charge in [-0.2, -0.15) is 0 Å². The van der Waals surface area contributed by atoms with E-state index < -0.39 is 5.97 Å². The third kappa shape index (κ3) is 3.51. The van der Waals surface area contributed by atoms with Crippen molar-refractivity contribution in [3.63, 3.8) is 0 Å². The van der Waals surface area contributed by atoms with Gasteiger partial charge in [0.1, 0.15) is 0 Å². The first-order valence-corrected chi connectivity index (χ1v) is 6.78. The van der Waals surface area contributed by atoms with Gasteiger partial charge in [-0.3, -0.25) is 4.98 Å². The molecule has 1 aromatic carbocycles. The second kappa shape index (κ2) is 6.74. The summed E-state index contributed by atoms with van der Waals surface area (Å²) in [5, 5.41) is 0. The van der Waals surface area contributed by atoms with Gasteiger partial charge in [-0.15, -0.1) is 0 Å². The lowest BCUT2D eigenvalue weighted by atomic mass is 10.1. The van der Waals surface area contributed by atoms with E-state index in [1.807, 2.05) is 24.3 Å². The van der Waals surface area contributed by atoms with E-state index >= 15 is 0 Å². The van der Waals surface area contributed by atoms with Gasteiger partial charge in [-0.1, -0.05) is 6.07 Å². The third-order valence-electron chi connectivity index (χ3n) is 3.27. The highest BCUT2D eigenvalue weighted by atomic mass is 16.5. The van der Waals surface area contributed by atoms with E-state index in [9.17, 15) is 4.79 Å². The van der Waals surface area contributed by atoms with Crippen LogP contribution in [0.5, 0.6) is 0 Å². The Kier molecular flexibility index (Phi) is 4.77. The minimum absolute atomic E-state index is 0.384. The molecule has 0 unspecified atom stereocenters.